The van der Waals surface area contributed by atoms with Crippen molar-refractivity contribution in [3.05, 3.63) is 34.4 Å². The molecule has 1 aromatic carbocycles. The summed E-state index contributed by atoms with van der Waals surface area (Å²) in [6.45, 7) is 5.56. The Labute approximate surface area is 90.3 Å². The maximum Gasteiger partial charge on any atom is 0.160 e. The molecule has 0 aliphatic rings. The standard InChI is InChI=1S/C13H16O2/c1-4-10-6-11(5-2)13(9(3)15)7-12(10)8-14/h6-8H,4-5H2,1-3H3. The number of hydrogen-bond acceptors (Lipinski definition) is 2. The monoisotopic (exact) mass is 204 g/mol. The molecule has 1 rings (SSSR count). The molecule has 0 atom stereocenters. The van der Waals surface area contributed by atoms with Crippen molar-refractivity contribution in [2.45, 2.75) is 33.6 Å². The Morgan fingerprint density at radius 2 is 1.80 bits per heavy atom. The predicted molar refractivity (Wildman–Crippen MR) is 60.6 cm³/mol. The van der Waals surface area contributed by atoms with Crippen LogP contribution in [0.1, 0.15) is 52.6 Å². The topological polar surface area (TPSA) is 34.1 Å². The molecule has 0 heterocycles. The fourth-order valence-corrected chi connectivity index (χ4v) is 1.75. The number of rotatable bonds is 4. The van der Waals surface area contributed by atoms with Gasteiger partial charge in [0.25, 0.3) is 0 Å². The average Bonchev–Trinajstić information content (AvgIpc) is 2.26. The fourth-order valence-electron chi connectivity index (χ4n) is 1.75. The van der Waals surface area contributed by atoms with E-state index in [1.807, 2.05) is 19.9 Å². The van der Waals surface area contributed by atoms with Crippen LogP contribution in [0.3, 0.4) is 0 Å². The molecule has 0 radical (unpaired) electrons. The summed E-state index contributed by atoms with van der Waals surface area (Å²) >= 11 is 0. The summed E-state index contributed by atoms with van der Waals surface area (Å²) in [5, 5.41) is 0. The van der Waals surface area contributed by atoms with Crippen LogP contribution in [0.15, 0.2) is 12.1 Å². The molecule has 0 bridgehead atoms. The summed E-state index contributed by atoms with van der Waals surface area (Å²) < 4.78 is 0. The Hall–Kier alpha value is -1.44. The summed E-state index contributed by atoms with van der Waals surface area (Å²) in [6.07, 6.45) is 2.46. The number of Topliss-reactive ketones (excluding diaryl/α,β-unsaturated/α-hetero) is 1. The lowest BCUT2D eigenvalue weighted by Gasteiger charge is -2.09. The van der Waals surface area contributed by atoms with Gasteiger partial charge in [0.05, 0.1) is 0 Å². The lowest BCUT2D eigenvalue weighted by Crippen LogP contribution is -2.03. The quantitative estimate of drug-likeness (QED) is 0.558. The molecule has 0 aliphatic heterocycles. The summed E-state index contributed by atoms with van der Waals surface area (Å²) in [5.41, 5.74) is 3.37. The Kier molecular flexibility index (Phi) is 3.78. The van der Waals surface area contributed by atoms with Crippen LogP contribution >= 0.6 is 0 Å². The van der Waals surface area contributed by atoms with Gasteiger partial charge >= 0.3 is 0 Å². The second-order valence-electron chi connectivity index (χ2n) is 3.59. The van der Waals surface area contributed by atoms with Crippen molar-refractivity contribution < 1.29 is 9.59 Å². The fraction of sp³-hybridized carbons (Fsp3) is 0.385. The minimum absolute atomic E-state index is 0.0256. The molecule has 80 valence electrons. The number of carbonyl (C=O) groups is 2. The molecule has 0 N–H and O–H groups in total. The molecule has 2 nitrogen and oxygen atoms in total. The van der Waals surface area contributed by atoms with Crippen molar-refractivity contribution >= 4 is 12.1 Å². The first-order chi connectivity index (χ1) is 7.13. The third kappa shape index (κ3) is 2.32. The van der Waals surface area contributed by atoms with Gasteiger partial charge in [-0.1, -0.05) is 19.9 Å². The SMILES string of the molecule is CCc1cc(CC)c(C(C)=O)cc1C=O. The zero-order chi connectivity index (χ0) is 11.4. The Balaban J connectivity index is 3.40. The van der Waals surface area contributed by atoms with Gasteiger partial charge in [0.15, 0.2) is 5.78 Å². The van der Waals surface area contributed by atoms with Gasteiger partial charge < -0.3 is 0 Å². The van der Waals surface area contributed by atoms with E-state index in [0.717, 1.165) is 30.3 Å². The summed E-state index contributed by atoms with van der Waals surface area (Å²) in [6, 6.07) is 3.69. The van der Waals surface area contributed by atoms with E-state index >= 15 is 0 Å². The van der Waals surface area contributed by atoms with Crippen molar-refractivity contribution in [1.29, 1.82) is 0 Å². The van der Waals surface area contributed by atoms with Crippen molar-refractivity contribution in [2.75, 3.05) is 0 Å². The average molecular weight is 204 g/mol. The van der Waals surface area contributed by atoms with Crippen molar-refractivity contribution in [3.63, 3.8) is 0 Å². The zero-order valence-electron chi connectivity index (χ0n) is 9.46. The van der Waals surface area contributed by atoms with Crippen LogP contribution in [-0.2, 0) is 12.8 Å². The minimum Gasteiger partial charge on any atom is -0.298 e. The van der Waals surface area contributed by atoms with Gasteiger partial charge in [-0.15, -0.1) is 0 Å². The minimum atomic E-state index is 0.0256. The predicted octanol–water partition coefficient (Wildman–Crippen LogP) is 2.83. The van der Waals surface area contributed by atoms with E-state index in [1.165, 1.54) is 6.92 Å². The zero-order valence-corrected chi connectivity index (χ0v) is 9.46. The summed E-state index contributed by atoms with van der Waals surface area (Å²) in [4.78, 5) is 22.2. The second-order valence-corrected chi connectivity index (χ2v) is 3.59. The van der Waals surface area contributed by atoms with E-state index in [4.69, 9.17) is 0 Å². The molecule has 2 heteroatoms. The van der Waals surface area contributed by atoms with Crippen LogP contribution in [0, 0.1) is 0 Å². The Morgan fingerprint density at radius 3 is 2.20 bits per heavy atom. The molecule has 0 unspecified atom stereocenters. The molecule has 0 spiro atoms. The van der Waals surface area contributed by atoms with E-state index in [9.17, 15) is 9.59 Å². The van der Waals surface area contributed by atoms with Gasteiger partial charge in [0.1, 0.15) is 6.29 Å². The van der Waals surface area contributed by atoms with Crippen molar-refractivity contribution in [3.8, 4) is 0 Å². The molecule has 0 saturated heterocycles. The van der Waals surface area contributed by atoms with Crippen LogP contribution in [-0.4, -0.2) is 12.1 Å². The molecule has 0 aromatic heterocycles. The van der Waals surface area contributed by atoms with E-state index in [-0.39, 0.29) is 5.78 Å². The van der Waals surface area contributed by atoms with Crippen LogP contribution in [0.25, 0.3) is 0 Å². The van der Waals surface area contributed by atoms with E-state index in [2.05, 4.69) is 0 Å². The van der Waals surface area contributed by atoms with Gasteiger partial charge in [0, 0.05) is 11.1 Å². The molecule has 1 aromatic rings. The molecule has 15 heavy (non-hydrogen) atoms. The largest absolute Gasteiger partial charge is 0.298 e. The molecule has 0 amide bonds. The van der Waals surface area contributed by atoms with Crippen molar-refractivity contribution in [1.82, 2.24) is 0 Å². The molecule has 0 aliphatic carbocycles. The maximum atomic E-state index is 11.4. The van der Waals surface area contributed by atoms with Crippen molar-refractivity contribution in [2.24, 2.45) is 0 Å². The normalized spacial score (nSPS) is 10.1. The molecule has 0 saturated carbocycles. The first-order valence-electron chi connectivity index (χ1n) is 5.25. The Bertz CT molecular complexity index is 392. The highest BCUT2D eigenvalue weighted by atomic mass is 16.1. The van der Waals surface area contributed by atoms with Crippen LogP contribution in [0.2, 0.25) is 0 Å². The molecule has 0 fully saturated rings. The number of aryl methyl sites for hydroxylation is 2. The van der Waals surface area contributed by atoms with E-state index in [0.29, 0.717) is 11.1 Å². The van der Waals surface area contributed by atoms with Gasteiger partial charge in [0.2, 0.25) is 0 Å². The molecular weight excluding hydrogens is 188 g/mol. The number of benzene rings is 1. The van der Waals surface area contributed by atoms with Gasteiger partial charge in [-0.2, -0.15) is 0 Å². The van der Waals surface area contributed by atoms with Crippen LogP contribution in [0.5, 0.6) is 0 Å². The number of carbonyl (C=O) groups excluding carboxylic acids is 2. The molecular formula is C13H16O2. The number of hydrogen-bond donors (Lipinski definition) is 0. The first kappa shape index (κ1) is 11.6. The highest BCUT2D eigenvalue weighted by Gasteiger charge is 2.10. The smallest absolute Gasteiger partial charge is 0.160 e. The third-order valence-corrected chi connectivity index (χ3v) is 2.63. The maximum absolute atomic E-state index is 11.4. The van der Waals surface area contributed by atoms with Crippen LogP contribution in [0.4, 0.5) is 0 Å². The highest BCUT2D eigenvalue weighted by Crippen LogP contribution is 2.18. The van der Waals surface area contributed by atoms with E-state index < -0.39 is 0 Å². The number of ketones is 1. The lowest BCUT2D eigenvalue weighted by molar-refractivity contribution is 0.101. The van der Waals surface area contributed by atoms with Gasteiger partial charge in [-0.05, 0) is 37.0 Å². The second kappa shape index (κ2) is 4.87. The van der Waals surface area contributed by atoms with Gasteiger partial charge in [-0.25, -0.2) is 0 Å². The third-order valence-electron chi connectivity index (χ3n) is 2.63. The summed E-state index contributed by atoms with van der Waals surface area (Å²) in [5.74, 6) is 0.0256. The lowest BCUT2D eigenvalue weighted by atomic mass is 9.94. The van der Waals surface area contributed by atoms with E-state index in [1.54, 1.807) is 6.07 Å². The summed E-state index contributed by atoms with van der Waals surface area (Å²) in [7, 11) is 0. The number of aldehydes is 1. The Morgan fingerprint density at radius 1 is 1.20 bits per heavy atom. The van der Waals surface area contributed by atoms with Gasteiger partial charge in [-0.3, -0.25) is 9.59 Å². The van der Waals surface area contributed by atoms with Crippen LogP contribution < -0.4 is 0 Å². The first-order valence-corrected chi connectivity index (χ1v) is 5.25. The highest BCUT2D eigenvalue weighted by molar-refractivity contribution is 5.97.